The Bertz CT molecular complexity index is 1330. The summed E-state index contributed by atoms with van der Waals surface area (Å²) in [6.45, 7) is 0.821. The van der Waals surface area contributed by atoms with Gasteiger partial charge in [-0.15, -0.1) is 0 Å². The van der Waals surface area contributed by atoms with Crippen LogP contribution in [0.15, 0.2) is 83.7 Å². The SMILES string of the molecule is CN(CCCNC(=O)c1nc2ccccc2c(=O)[nH]1)C(=O)c1ccc(-c2ccccc2)cc1. The number of nitrogens with zero attached hydrogens (tertiary/aromatic N) is 2. The molecule has 0 bridgehead atoms. The molecule has 0 aliphatic rings. The first kappa shape index (κ1) is 22.0. The number of aromatic nitrogens is 2. The van der Waals surface area contributed by atoms with Crippen LogP contribution >= 0.6 is 0 Å². The maximum Gasteiger partial charge on any atom is 0.287 e. The zero-order valence-corrected chi connectivity index (χ0v) is 18.2. The quantitative estimate of drug-likeness (QED) is 0.430. The summed E-state index contributed by atoms with van der Waals surface area (Å²) in [4.78, 5) is 45.5. The van der Waals surface area contributed by atoms with E-state index in [1.54, 1.807) is 36.2 Å². The molecule has 0 saturated heterocycles. The average molecular weight is 441 g/mol. The standard InChI is InChI=1S/C26H24N4O3/c1-30(26(33)20-14-12-19(13-15-20)18-8-3-2-4-9-18)17-7-16-27-25(32)23-28-22-11-6-5-10-21(22)24(31)29-23/h2-6,8-15H,7,16-17H2,1H3,(H,27,32)(H,28,29,31). The fourth-order valence-electron chi connectivity index (χ4n) is 3.55. The molecule has 0 spiro atoms. The second kappa shape index (κ2) is 9.91. The van der Waals surface area contributed by atoms with Crippen LogP contribution in [-0.2, 0) is 0 Å². The van der Waals surface area contributed by atoms with Crippen molar-refractivity contribution < 1.29 is 9.59 Å². The third-order valence-electron chi connectivity index (χ3n) is 5.37. The largest absolute Gasteiger partial charge is 0.349 e. The van der Waals surface area contributed by atoms with Gasteiger partial charge >= 0.3 is 0 Å². The lowest BCUT2D eigenvalue weighted by atomic mass is 10.0. The highest BCUT2D eigenvalue weighted by Crippen LogP contribution is 2.19. The number of H-pyrrole nitrogens is 1. The van der Waals surface area contributed by atoms with Gasteiger partial charge in [-0.1, -0.05) is 54.6 Å². The Morgan fingerprint density at radius 1 is 0.909 bits per heavy atom. The maximum atomic E-state index is 12.7. The molecule has 166 valence electrons. The van der Waals surface area contributed by atoms with E-state index in [-0.39, 0.29) is 17.3 Å². The highest BCUT2D eigenvalue weighted by Gasteiger charge is 2.13. The van der Waals surface area contributed by atoms with Gasteiger partial charge in [0.2, 0.25) is 0 Å². The first-order valence-electron chi connectivity index (χ1n) is 10.7. The number of hydrogen-bond donors (Lipinski definition) is 2. The molecule has 0 saturated carbocycles. The molecule has 7 nitrogen and oxygen atoms in total. The summed E-state index contributed by atoms with van der Waals surface area (Å²) in [5, 5.41) is 3.18. The van der Waals surface area contributed by atoms with Crippen LogP contribution in [-0.4, -0.2) is 46.8 Å². The molecule has 2 amide bonds. The third-order valence-corrected chi connectivity index (χ3v) is 5.37. The average Bonchev–Trinajstić information content (AvgIpc) is 2.86. The topological polar surface area (TPSA) is 95.2 Å². The summed E-state index contributed by atoms with van der Waals surface area (Å²) in [6.07, 6.45) is 0.563. The number of aromatic amines is 1. The van der Waals surface area contributed by atoms with E-state index >= 15 is 0 Å². The van der Waals surface area contributed by atoms with Crippen molar-refractivity contribution in [2.75, 3.05) is 20.1 Å². The van der Waals surface area contributed by atoms with Crippen LogP contribution in [0.25, 0.3) is 22.0 Å². The molecule has 33 heavy (non-hydrogen) atoms. The molecule has 1 aromatic heterocycles. The number of hydrogen-bond acceptors (Lipinski definition) is 4. The van der Waals surface area contributed by atoms with Crippen LogP contribution in [0, 0.1) is 0 Å². The van der Waals surface area contributed by atoms with Crippen LogP contribution in [0.3, 0.4) is 0 Å². The van der Waals surface area contributed by atoms with E-state index in [1.807, 2.05) is 54.6 Å². The fraction of sp³-hybridized carbons (Fsp3) is 0.154. The normalized spacial score (nSPS) is 10.7. The molecule has 0 atom stereocenters. The molecule has 0 aliphatic carbocycles. The smallest absolute Gasteiger partial charge is 0.287 e. The Morgan fingerprint density at radius 3 is 2.33 bits per heavy atom. The molecule has 0 radical (unpaired) electrons. The van der Waals surface area contributed by atoms with Crippen molar-refractivity contribution in [2.45, 2.75) is 6.42 Å². The van der Waals surface area contributed by atoms with Crippen molar-refractivity contribution in [1.29, 1.82) is 0 Å². The molecule has 4 rings (SSSR count). The molecule has 0 fully saturated rings. The summed E-state index contributed by atoms with van der Waals surface area (Å²) in [7, 11) is 1.73. The van der Waals surface area contributed by atoms with Crippen molar-refractivity contribution in [3.05, 3.63) is 101 Å². The van der Waals surface area contributed by atoms with Gasteiger partial charge in [0, 0.05) is 25.7 Å². The van der Waals surface area contributed by atoms with Crippen molar-refractivity contribution in [3.8, 4) is 11.1 Å². The number of fused-ring (bicyclic) bond motifs is 1. The van der Waals surface area contributed by atoms with Crippen molar-refractivity contribution in [2.24, 2.45) is 0 Å². The molecular formula is C26H24N4O3. The van der Waals surface area contributed by atoms with Crippen LogP contribution in [0.1, 0.15) is 27.4 Å². The number of para-hydroxylation sites is 1. The number of rotatable bonds is 7. The van der Waals surface area contributed by atoms with Crippen LogP contribution in [0.2, 0.25) is 0 Å². The van der Waals surface area contributed by atoms with E-state index in [4.69, 9.17) is 0 Å². The lowest BCUT2D eigenvalue weighted by molar-refractivity contribution is 0.0793. The Kier molecular flexibility index (Phi) is 6.59. The number of carbonyl (C=O) groups excluding carboxylic acids is 2. The number of carbonyl (C=O) groups is 2. The van der Waals surface area contributed by atoms with E-state index < -0.39 is 5.91 Å². The van der Waals surface area contributed by atoms with Gasteiger partial charge in [0.05, 0.1) is 10.9 Å². The Hall–Kier alpha value is -4.26. The van der Waals surface area contributed by atoms with Gasteiger partial charge in [0.1, 0.15) is 0 Å². The van der Waals surface area contributed by atoms with E-state index in [2.05, 4.69) is 15.3 Å². The summed E-state index contributed by atoms with van der Waals surface area (Å²) in [5.41, 5.74) is 2.88. The van der Waals surface area contributed by atoms with Gasteiger partial charge in [-0.05, 0) is 41.8 Å². The minimum Gasteiger partial charge on any atom is -0.349 e. The predicted octanol–water partition coefficient (Wildman–Crippen LogP) is 3.48. The lowest BCUT2D eigenvalue weighted by Crippen LogP contribution is -2.32. The first-order valence-corrected chi connectivity index (χ1v) is 10.7. The summed E-state index contributed by atoms with van der Waals surface area (Å²) >= 11 is 0. The Morgan fingerprint density at radius 2 is 1.58 bits per heavy atom. The van der Waals surface area contributed by atoms with Gasteiger partial charge in [0.15, 0.2) is 5.82 Å². The van der Waals surface area contributed by atoms with E-state index in [9.17, 15) is 14.4 Å². The molecule has 2 N–H and O–H groups in total. The number of benzene rings is 3. The molecule has 0 aliphatic heterocycles. The molecule has 3 aromatic carbocycles. The molecule has 0 unspecified atom stereocenters. The monoisotopic (exact) mass is 440 g/mol. The van der Waals surface area contributed by atoms with E-state index in [0.717, 1.165) is 11.1 Å². The maximum absolute atomic E-state index is 12.7. The zero-order chi connectivity index (χ0) is 23.2. The van der Waals surface area contributed by atoms with Crippen molar-refractivity contribution in [3.63, 3.8) is 0 Å². The molecular weight excluding hydrogens is 416 g/mol. The third kappa shape index (κ3) is 5.15. The summed E-state index contributed by atoms with van der Waals surface area (Å²) < 4.78 is 0. The fourth-order valence-corrected chi connectivity index (χ4v) is 3.55. The number of amides is 2. The summed E-state index contributed by atoms with van der Waals surface area (Å²) in [6, 6.07) is 24.4. The Balaban J connectivity index is 1.28. The van der Waals surface area contributed by atoms with E-state index in [1.165, 1.54) is 0 Å². The molecule has 1 heterocycles. The highest BCUT2D eigenvalue weighted by atomic mass is 16.2. The van der Waals surface area contributed by atoms with E-state index in [0.29, 0.717) is 36.0 Å². The summed E-state index contributed by atoms with van der Waals surface area (Å²) in [5.74, 6) is -0.563. The zero-order valence-electron chi connectivity index (χ0n) is 18.2. The van der Waals surface area contributed by atoms with Crippen molar-refractivity contribution >= 4 is 22.7 Å². The second-order valence-electron chi connectivity index (χ2n) is 7.71. The minimum absolute atomic E-state index is 0.0263. The molecule has 7 heteroatoms. The van der Waals surface area contributed by atoms with Gasteiger partial charge in [-0.3, -0.25) is 14.4 Å². The highest BCUT2D eigenvalue weighted by molar-refractivity contribution is 5.94. The van der Waals surface area contributed by atoms with Gasteiger partial charge in [0.25, 0.3) is 17.4 Å². The second-order valence-corrected chi connectivity index (χ2v) is 7.71. The predicted molar refractivity (Wildman–Crippen MR) is 128 cm³/mol. The van der Waals surface area contributed by atoms with Gasteiger partial charge in [-0.25, -0.2) is 4.98 Å². The van der Waals surface area contributed by atoms with Crippen LogP contribution < -0.4 is 10.9 Å². The number of nitrogens with one attached hydrogen (secondary N) is 2. The molecule has 4 aromatic rings. The Labute approximate surface area is 191 Å². The first-order chi connectivity index (χ1) is 16.0. The lowest BCUT2D eigenvalue weighted by Gasteiger charge is -2.17. The minimum atomic E-state index is -0.455. The van der Waals surface area contributed by atoms with Gasteiger partial charge < -0.3 is 15.2 Å². The van der Waals surface area contributed by atoms with Crippen LogP contribution in [0.5, 0.6) is 0 Å². The van der Waals surface area contributed by atoms with Crippen LogP contribution in [0.4, 0.5) is 0 Å². The van der Waals surface area contributed by atoms with Crippen molar-refractivity contribution in [1.82, 2.24) is 20.2 Å². The van der Waals surface area contributed by atoms with Gasteiger partial charge in [-0.2, -0.15) is 0 Å².